The largest absolute Gasteiger partial charge is 0.396 e. The van der Waals surface area contributed by atoms with E-state index >= 15 is 0 Å². The molecule has 0 aromatic rings. The molecule has 2 rings (SSSR count). The van der Waals surface area contributed by atoms with Crippen LogP contribution in [0.25, 0.3) is 0 Å². The lowest BCUT2D eigenvalue weighted by Gasteiger charge is -2.33. The molecule has 0 radical (unpaired) electrons. The van der Waals surface area contributed by atoms with Gasteiger partial charge >= 0.3 is 0 Å². The maximum absolute atomic E-state index is 9.46. The minimum absolute atomic E-state index is 0.0985. The van der Waals surface area contributed by atoms with Crippen molar-refractivity contribution in [3.05, 3.63) is 0 Å². The van der Waals surface area contributed by atoms with E-state index in [1.807, 2.05) is 0 Å². The van der Waals surface area contributed by atoms with Gasteiger partial charge in [-0.2, -0.15) is 23.5 Å². The van der Waals surface area contributed by atoms with Crippen LogP contribution < -0.4 is 0 Å². The molecule has 0 aromatic carbocycles. The van der Waals surface area contributed by atoms with E-state index in [1.165, 1.54) is 77.0 Å². The van der Waals surface area contributed by atoms with Crippen LogP contribution in [0.5, 0.6) is 0 Å². The van der Waals surface area contributed by atoms with E-state index in [2.05, 4.69) is 51.2 Å². The van der Waals surface area contributed by atoms with Gasteiger partial charge in [-0.3, -0.25) is 0 Å². The van der Waals surface area contributed by atoms with Crippen molar-refractivity contribution >= 4 is 23.5 Å². The van der Waals surface area contributed by atoms with Crippen molar-refractivity contribution in [1.29, 1.82) is 0 Å². The molecule has 2 fully saturated rings. The zero-order chi connectivity index (χ0) is 22.0. The van der Waals surface area contributed by atoms with Crippen molar-refractivity contribution in [3.8, 4) is 0 Å². The van der Waals surface area contributed by atoms with Gasteiger partial charge in [-0.1, -0.05) is 53.4 Å². The highest BCUT2D eigenvalue weighted by Gasteiger charge is 2.27. The molecule has 2 N–H and O–H groups in total. The molecular weight excluding hydrogens is 408 g/mol. The van der Waals surface area contributed by atoms with E-state index in [-0.39, 0.29) is 10.8 Å². The zero-order valence-corrected chi connectivity index (χ0v) is 22.0. The first-order chi connectivity index (χ1) is 14.2. The third kappa shape index (κ3) is 10.5. The van der Waals surface area contributed by atoms with Gasteiger partial charge in [-0.25, -0.2) is 0 Å². The number of aliphatic hydroxyl groups is 2. The highest BCUT2D eigenvalue weighted by Crippen LogP contribution is 2.41. The van der Waals surface area contributed by atoms with Gasteiger partial charge in [-0.15, -0.1) is 0 Å². The van der Waals surface area contributed by atoms with Crippen LogP contribution >= 0.6 is 23.5 Å². The second-order valence-corrected chi connectivity index (χ2v) is 14.8. The molecule has 0 amide bonds. The Morgan fingerprint density at radius 2 is 0.933 bits per heavy atom. The van der Waals surface area contributed by atoms with Gasteiger partial charge in [0.05, 0.1) is 0 Å². The van der Waals surface area contributed by atoms with Crippen molar-refractivity contribution in [1.82, 2.24) is 0 Å². The third-order valence-electron chi connectivity index (χ3n) is 7.30. The summed E-state index contributed by atoms with van der Waals surface area (Å²) in [5, 5.41) is 22.4. The van der Waals surface area contributed by atoms with Gasteiger partial charge < -0.3 is 10.2 Å². The molecule has 30 heavy (non-hydrogen) atoms. The minimum Gasteiger partial charge on any atom is -0.396 e. The first kappa shape index (κ1) is 26.9. The van der Waals surface area contributed by atoms with Crippen LogP contribution in [0.2, 0.25) is 0 Å². The summed E-state index contributed by atoms with van der Waals surface area (Å²) in [7, 11) is 0. The van der Waals surface area contributed by atoms with Crippen molar-refractivity contribution in [2.45, 2.75) is 139 Å². The lowest BCUT2D eigenvalue weighted by atomic mass is 9.87. The predicted octanol–water partition coefficient (Wildman–Crippen LogP) is 7.45. The SMILES string of the molecule is CC(C)(CO)CCCC1CCCC(CCC2CCCC(CCCC(C)(C)CO)S2)S1. The molecule has 0 aromatic heterocycles. The smallest absolute Gasteiger partial charge is 0.0482 e. The molecule has 0 bridgehead atoms. The Hall–Kier alpha value is 0.620. The number of aliphatic hydroxyl groups excluding tert-OH is 2. The normalized spacial score (nSPS) is 28.6. The fraction of sp³-hybridized carbons (Fsp3) is 1.00. The molecule has 2 aliphatic rings. The fourth-order valence-electron chi connectivity index (χ4n) is 4.96. The number of hydrogen-bond acceptors (Lipinski definition) is 4. The van der Waals surface area contributed by atoms with E-state index in [4.69, 9.17) is 0 Å². The molecule has 178 valence electrons. The Balaban J connectivity index is 1.63. The highest BCUT2D eigenvalue weighted by atomic mass is 32.2. The Bertz CT molecular complexity index is 424. The average Bonchev–Trinajstić information content (AvgIpc) is 2.73. The molecule has 0 aliphatic carbocycles. The summed E-state index contributed by atoms with van der Waals surface area (Å²) in [6.07, 6.45) is 18.9. The third-order valence-corrected chi connectivity index (χ3v) is 10.7. The van der Waals surface area contributed by atoms with E-state index in [0.29, 0.717) is 13.2 Å². The van der Waals surface area contributed by atoms with E-state index in [1.54, 1.807) is 0 Å². The standard InChI is InChI=1S/C26H50O2S2/c1-25(2,19-27)17-7-13-21-9-5-11-23(29-21)15-16-24-12-6-10-22(30-24)14-8-18-26(3,4)20-28/h21-24,27-28H,5-20H2,1-4H3. The summed E-state index contributed by atoms with van der Waals surface area (Å²) < 4.78 is 0. The fourth-order valence-corrected chi connectivity index (χ4v) is 8.41. The molecular formula is C26H50O2S2. The minimum atomic E-state index is 0.0985. The molecule has 2 heterocycles. The second kappa shape index (κ2) is 13.4. The van der Waals surface area contributed by atoms with Crippen LogP contribution in [0, 0.1) is 10.8 Å². The molecule has 2 saturated heterocycles. The van der Waals surface area contributed by atoms with Gasteiger partial charge in [0.1, 0.15) is 0 Å². The predicted molar refractivity (Wildman–Crippen MR) is 137 cm³/mol. The van der Waals surface area contributed by atoms with Crippen molar-refractivity contribution in [3.63, 3.8) is 0 Å². The molecule has 4 heteroatoms. The summed E-state index contributed by atoms with van der Waals surface area (Å²) in [5.41, 5.74) is 0.197. The Kier molecular flexibility index (Phi) is 12.0. The van der Waals surface area contributed by atoms with Gasteiger partial charge in [0.15, 0.2) is 0 Å². The lowest BCUT2D eigenvalue weighted by Crippen LogP contribution is -2.23. The zero-order valence-electron chi connectivity index (χ0n) is 20.3. The maximum Gasteiger partial charge on any atom is 0.0482 e. The van der Waals surface area contributed by atoms with E-state index < -0.39 is 0 Å². The van der Waals surface area contributed by atoms with Crippen molar-refractivity contribution in [2.24, 2.45) is 10.8 Å². The Labute approximate surface area is 196 Å². The number of rotatable bonds is 13. The van der Waals surface area contributed by atoms with Gasteiger partial charge in [0.2, 0.25) is 0 Å². The topological polar surface area (TPSA) is 40.5 Å². The lowest BCUT2D eigenvalue weighted by molar-refractivity contribution is 0.147. The second-order valence-electron chi connectivity index (χ2n) is 11.6. The van der Waals surface area contributed by atoms with Crippen LogP contribution in [0.15, 0.2) is 0 Å². The quantitative estimate of drug-likeness (QED) is 0.300. The van der Waals surface area contributed by atoms with Crippen LogP contribution in [0.4, 0.5) is 0 Å². The first-order valence-corrected chi connectivity index (χ1v) is 14.6. The van der Waals surface area contributed by atoms with Crippen LogP contribution in [0.1, 0.15) is 118 Å². The van der Waals surface area contributed by atoms with E-state index in [0.717, 1.165) is 33.8 Å². The Morgan fingerprint density at radius 3 is 1.27 bits per heavy atom. The van der Waals surface area contributed by atoms with Crippen LogP contribution in [0.3, 0.4) is 0 Å². The molecule has 4 atom stereocenters. The maximum atomic E-state index is 9.46. The molecule has 0 saturated carbocycles. The summed E-state index contributed by atoms with van der Waals surface area (Å²) in [6, 6.07) is 0. The van der Waals surface area contributed by atoms with Crippen LogP contribution in [-0.4, -0.2) is 44.4 Å². The first-order valence-electron chi connectivity index (χ1n) is 12.8. The van der Waals surface area contributed by atoms with Crippen LogP contribution in [-0.2, 0) is 0 Å². The summed E-state index contributed by atoms with van der Waals surface area (Å²) in [5.74, 6) is 0. The molecule has 4 unspecified atom stereocenters. The van der Waals surface area contributed by atoms with Crippen molar-refractivity contribution < 1.29 is 10.2 Å². The number of thioether (sulfide) groups is 2. The summed E-state index contributed by atoms with van der Waals surface area (Å²) >= 11 is 4.61. The Morgan fingerprint density at radius 1 is 0.600 bits per heavy atom. The monoisotopic (exact) mass is 458 g/mol. The molecule has 2 aliphatic heterocycles. The number of hydrogen-bond donors (Lipinski definition) is 2. The molecule has 0 spiro atoms. The van der Waals surface area contributed by atoms with Crippen molar-refractivity contribution in [2.75, 3.05) is 13.2 Å². The van der Waals surface area contributed by atoms with Gasteiger partial charge in [-0.05, 0) is 75.0 Å². The summed E-state index contributed by atoms with van der Waals surface area (Å²) in [4.78, 5) is 0. The highest BCUT2D eigenvalue weighted by molar-refractivity contribution is 8.00. The van der Waals surface area contributed by atoms with Gasteiger partial charge in [0.25, 0.3) is 0 Å². The summed E-state index contributed by atoms with van der Waals surface area (Å²) in [6.45, 7) is 9.37. The van der Waals surface area contributed by atoms with E-state index in [9.17, 15) is 10.2 Å². The average molecular weight is 459 g/mol. The van der Waals surface area contributed by atoms with Gasteiger partial charge in [0, 0.05) is 34.2 Å². The molecule has 2 nitrogen and oxygen atoms in total.